The van der Waals surface area contributed by atoms with Gasteiger partial charge >= 0.3 is 5.97 Å². The Labute approximate surface area is 135 Å². The van der Waals surface area contributed by atoms with E-state index in [9.17, 15) is 14.7 Å². The number of rotatable bonds is 4. The van der Waals surface area contributed by atoms with Crippen molar-refractivity contribution in [2.75, 3.05) is 4.90 Å². The molecule has 0 aromatic heterocycles. The molecule has 1 aliphatic rings. The minimum absolute atomic E-state index is 0.149. The Morgan fingerprint density at radius 2 is 1.87 bits per heavy atom. The summed E-state index contributed by atoms with van der Waals surface area (Å²) in [5, 5.41) is 9.24. The minimum Gasteiger partial charge on any atom is -0.481 e. The van der Waals surface area contributed by atoms with Crippen molar-refractivity contribution in [3.05, 3.63) is 65.2 Å². The fourth-order valence-electron chi connectivity index (χ4n) is 3.25. The maximum Gasteiger partial charge on any atom is 0.304 e. The van der Waals surface area contributed by atoms with E-state index in [4.69, 9.17) is 0 Å². The van der Waals surface area contributed by atoms with Crippen molar-refractivity contribution >= 4 is 17.6 Å². The average molecular weight is 309 g/mol. The fraction of sp³-hybridized carbons (Fsp3) is 0.263. The first-order valence-corrected chi connectivity index (χ1v) is 7.60. The predicted molar refractivity (Wildman–Crippen MR) is 88.4 cm³/mol. The molecule has 0 saturated heterocycles. The molecule has 3 rings (SSSR count). The van der Waals surface area contributed by atoms with Crippen molar-refractivity contribution in [2.24, 2.45) is 0 Å². The number of benzene rings is 2. The zero-order valence-electron chi connectivity index (χ0n) is 13.2. The average Bonchev–Trinajstić information content (AvgIpc) is 2.69. The predicted octanol–water partition coefficient (Wildman–Crippen LogP) is 3.27. The van der Waals surface area contributed by atoms with Crippen LogP contribution in [0.5, 0.6) is 0 Å². The molecule has 1 amide bonds. The lowest BCUT2D eigenvalue weighted by Crippen LogP contribution is -2.39. The molecule has 2 aromatic carbocycles. The summed E-state index contributed by atoms with van der Waals surface area (Å²) in [6.45, 7) is 4.15. The molecule has 1 aliphatic heterocycles. The standard InChI is InChI=1S/C19H19NO3/c1-13-8-9-15-16(10-13)20(12-14-6-4-3-5-7-14)18(23)19(15,2)11-17(21)22/h3-10H,11-12H2,1-2H3,(H,21,22). The first kappa shape index (κ1) is 15.3. The number of carboxylic acid groups (broad SMARTS) is 1. The summed E-state index contributed by atoms with van der Waals surface area (Å²) < 4.78 is 0. The van der Waals surface area contributed by atoms with Crippen LogP contribution >= 0.6 is 0 Å². The largest absolute Gasteiger partial charge is 0.481 e. The van der Waals surface area contributed by atoms with Crippen molar-refractivity contribution in [1.82, 2.24) is 0 Å². The van der Waals surface area contributed by atoms with Crippen molar-refractivity contribution in [3.63, 3.8) is 0 Å². The third-order valence-electron chi connectivity index (χ3n) is 4.44. The van der Waals surface area contributed by atoms with Crippen LogP contribution in [-0.4, -0.2) is 17.0 Å². The maximum absolute atomic E-state index is 13.0. The van der Waals surface area contributed by atoms with Gasteiger partial charge in [0.05, 0.1) is 18.4 Å². The first-order chi connectivity index (χ1) is 10.9. The van der Waals surface area contributed by atoms with Gasteiger partial charge < -0.3 is 10.0 Å². The third-order valence-corrected chi connectivity index (χ3v) is 4.44. The quantitative estimate of drug-likeness (QED) is 0.943. The van der Waals surface area contributed by atoms with Gasteiger partial charge in [0.15, 0.2) is 0 Å². The fourth-order valence-corrected chi connectivity index (χ4v) is 3.25. The summed E-state index contributed by atoms with van der Waals surface area (Å²) >= 11 is 0. The number of carboxylic acids is 1. The highest BCUT2D eigenvalue weighted by Gasteiger charge is 2.48. The number of hydrogen-bond donors (Lipinski definition) is 1. The van der Waals surface area contributed by atoms with Gasteiger partial charge in [-0.05, 0) is 36.6 Å². The first-order valence-electron chi connectivity index (χ1n) is 7.60. The smallest absolute Gasteiger partial charge is 0.304 e. The Morgan fingerprint density at radius 1 is 1.17 bits per heavy atom. The summed E-state index contributed by atoms with van der Waals surface area (Å²) in [5.41, 5.74) is 2.68. The number of anilines is 1. The van der Waals surface area contributed by atoms with Gasteiger partial charge in [-0.2, -0.15) is 0 Å². The number of amides is 1. The van der Waals surface area contributed by atoms with Crippen LogP contribution < -0.4 is 4.90 Å². The molecule has 1 atom stereocenters. The highest BCUT2D eigenvalue weighted by molar-refractivity contribution is 6.09. The van der Waals surface area contributed by atoms with E-state index in [2.05, 4.69) is 0 Å². The molecule has 0 bridgehead atoms. The molecule has 2 aromatic rings. The molecule has 1 heterocycles. The molecule has 23 heavy (non-hydrogen) atoms. The highest BCUT2D eigenvalue weighted by Crippen LogP contribution is 2.44. The van der Waals surface area contributed by atoms with E-state index in [1.54, 1.807) is 11.8 Å². The van der Waals surface area contributed by atoms with Gasteiger partial charge in [-0.1, -0.05) is 42.5 Å². The lowest BCUT2D eigenvalue weighted by Gasteiger charge is -2.22. The lowest BCUT2D eigenvalue weighted by atomic mass is 9.80. The van der Waals surface area contributed by atoms with Crippen LogP contribution in [0, 0.1) is 6.92 Å². The maximum atomic E-state index is 13.0. The Kier molecular flexibility index (Phi) is 3.68. The van der Waals surface area contributed by atoms with E-state index >= 15 is 0 Å². The second kappa shape index (κ2) is 5.54. The molecule has 0 radical (unpaired) electrons. The van der Waals surface area contributed by atoms with Gasteiger partial charge in [0.2, 0.25) is 5.91 Å². The SMILES string of the molecule is Cc1ccc2c(c1)N(Cc1ccccc1)C(=O)C2(C)CC(=O)O. The molecule has 118 valence electrons. The molecule has 1 unspecified atom stereocenters. The van der Waals surface area contributed by atoms with Crippen molar-refractivity contribution < 1.29 is 14.7 Å². The number of carbonyl (C=O) groups is 2. The topological polar surface area (TPSA) is 57.6 Å². The Morgan fingerprint density at radius 3 is 2.52 bits per heavy atom. The van der Waals surface area contributed by atoms with Crippen LogP contribution in [0.25, 0.3) is 0 Å². The summed E-state index contributed by atoms with van der Waals surface area (Å²) in [5.74, 6) is -1.11. The van der Waals surface area contributed by atoms with Gasteiger partial charge in [-0.15, -0.1) is 0 Å². The number of nitrogens with zero attached hydrogens (tertiary/aromatic N) is 1. The molecule has 4 nitrogen and oxygen atoms in total. The van der Waals surface area contributed by atoms with Gasteiger partial charge in [0.1, 0.15) is 0 Å². The zero-order valence-corrected chi connectivity index (χ0v) is 13.2. The number of carbonyl (C=O) groups excluding carboxylic acids is 1. The van der Waals surface area contributed by atoms with E-state index < -0.39 is 11.4 Å². The van der Waals surface area contributed by atoms with Crippen molar-refractivity contribution in [3.8, 4) is 0 Å². The second-order valence-corrected chi connectivity index (χ2v) is 6.30. The van der Waals surface area contributed by atoms with E-state index in [1.807, 2.05) is 55.5 Å². The number of aryl methyl sites for hydroxylation is 1. The molecule has 4 heteroatoms. The van der Waals surface area contributed by atoms with E-state index in [-0.39, 0.29) is 12.3 Å². The molecule has 0 aliphatic carbocycles. The molecule has 0 fully saturated rings. The number of fused-ring (bicyclic) bond motifs is 1. The molecule has 0 spiro atoms. The van der Waals surface area contributed by atoms with Crippen molar-refractivity contribution in [2.45, 2.75) is 32.2 Å². The molecular formula is C19H19NO3. The Balaban J connectivity index is 2.06. The monoisotopic (exact) mass is 309 g/mol. The molecule has 0 saturated carbocycles. The Hall–Kier alpha value is -2.62. The van der Waals surface area contributed by atoms with E-state index in [0.29, 0.717) is 6.54 Å². The van der Waals surface area contributed by atoms with Gasteiger partial charge in [0, 0.05) is 5.69 Å². The van der Waals surface area contributed by atoms with E-state index in [1.165, 1.54) is 0 Å². The number of aliphatic carboxylic acids is 1. The second-order valence-electron chi connectivity index (χ2n) is 6.30. The van der Waals surface area contributed by atoms with Crippen LogP contribution in [0.15, 0.2) is 48.5 Å². The Bertz CT molecular complexity index is 769. The van der Waals surface area contributed by atoms with E-state index in [0.717, 1.165) is 22.4 Å². The van der Waals surface area contributed by atoms with Crippen molar-refractivity contribution in [1.29, 1.82) is 0 Å². The van der Waals surface area contributed by atoms with Crippen LogP contribution in [0.3, 0.4) is 0 Å². The van der Waals surface area contributed by atoms with Crippen LogP contribution in [-0.2, 0) is 21.5 Å². The minimum atomic E-state index is -1.01. The zero-order chi connectivity index (χ0) is 16.6. The highest BCUT2D eigenvalue weighted by atomic mass is 16.4. The molecule has 1 N–H and O–H groups in total. The normalized spacial score (nSPS) is 19.7. The van der Waals surface area contributed by atoms with Crippen LogP contribution in [0.1, 0.15) is 30.0 Å². The van der Waals surface area contributed by atoms with Gasteiger partial charge in [-0.3, -0.25) is 9.59 Å². The lowest BCUT2D eigenvalue weighted by molar-refractivity contribution is -0.141. The third kappa shape index (κ3) is 2.61. The van der Waals surface area contributed by atoms with Gasteiger partial charge in [-0.25, -0.2) is 0 Å². The van der Waals surface area contributed by atoms with Crippen LogP contribution in [0.2, 0.25) is 0 Å². The summed E-state index contributed by atoms with van der Waals surface area (Å²) in [6, 6.07) is 15.5. The number of hydrogen-bond acceptors (Lipinski definition) is 2. The summed E-state index contributed by atoms with van der Waals surface area (Å²) in [7, 11) is 0. The van der Waals surface area contributed by atoms with Gasteiger partial charge in [0.25, 0.3) is 0 Å². The summed E-state index contributed by atoms with van der Waals surface area (Å²) in [4.78, 5) is 26.0. The summed E-state index contributed by atoms with van der Waals surface area (Å²) in [6.07, 6.45) is -0.201. The molecular weight excluding hydrogens is 290 g/mol. The van der Waals surface area contributed by atoms with Crippen LogP contribution in [0.4, 0.5) is 5.69 Å².